The summed E-state index contributed by atoms with van der Waals surface area (Å²) < 4.78 is 31.7. The van der Waals surface area contributed by atoms with Crippen LogP contribution in [0.3, 0.4) is 0 Å². The number of nitrogens with one attached hydrogen (secondary N) is 1. The van der Waals surface area contributed by atoms with Crippen molar-refractivity contribution in [2.24, 2.45) is 0 Å². The van der Waals surface area contributed by atoms with Gasteiger partial charge in [0.05, 0.1) is 18.6 Å². The van der Waals surface area contributed by atoms with Crippen molar-refractivity contribution in [3.63, 3.8) is 0 Å². The predicted octanol–water partition coefficient (Wildman–Crippen LogP) is 3.84. The number of amides is 2. The normalized spacial score (nSPS) is 12.0. The number of carbonyl (C=O) groups is 2. The molecule has 2 amide bonds. The second-order valence-corrected chi connectivity index (χ2v) is 10.5. The van der Waals surface area contributed by atoms with E-state index in [-0.39, 0.29) is 12.5 Å². The Kier molecular flexibility index (Phi) is 10.9. The van der Waals surface area contributed by atoms with Crippen molar-refractivity contribution in [1.29, 1.82) is 0 Å². The third-order valence-electron chi connectivity index (χ3n) is 5.35. The molecular formula is C25H34ClN3O5S. The first-order chi connectivity index (χ1) is 16.6. The van der Waals surface area contributed by atoms with Crippen LogP contribution in [0.4, 0.5) is 5.69 Å². The topological polar surface area (TPSA) is 96.0 Å². The molecule has 0 saturated carbocycles. The number of nitrogens with zero attached hydrogens (tertiary/aromatic N) is 2. The minimum absolute atomic E-state index is 0.0998. The molecule has 0 radical (unpaired) electrons. The number of carbonyl (C=O) groups excluding carboxylic acids is 2. The van der Waals surface area contributed by atoms with Crippen LogP contribution in [0.5, 0.6) is 5.75 Å². The number of anilines is 1. The zero-order chi connectivity index (χ0) is 26.0. The van der Waals surface area contributed by atoms with Gasteiger partial charge in [0.25, 0.3) is 0 Å². The van der Waals surface area contributed by atoms with Crippen molar-refractivity contribution >= 4 is 39.1 Å². The van der Waals surface area contributed by atoms with Gasteiger partial charge in [-0.15, -0.1) is 0 Å². The lowest BCUT2D eigenvalue weighted by Crippen LogP contribution is -2.51. The van der Waals surface area contributed by atoms with Crippen molar-refractivity contribution < 1.29 is 22.7 Å². The van der Waals surface area contributed by atoms with Gasteiger partial charge in [-0.25, -0.2) is 8.42 Å². The highest BCUT2D eigenvalue weighted by molar-refractivity contribution is 7.92. The molecule has 0 aromatic heterocycles. The van der Waals surface area contributed by atoms with Gasteiger partial charge in [-0.2, -0.15) is 0 Å². The van der Waals surface area contributed by atoms with Crippen LogP contribution in [0.1, 0.15) is 39.2 Å². The van der Waals surface area contributed by atoms with Gasteiger partial charge >= 0.3 is 0 Å². The average molecular weight is 524 g/mol. The average Bonchev–Trinajstić information content (AvgIpc) is 2.80. The van der Waals surface area contributed by atoms with Crippen LogP contribution >= 0.6 is 11.6 Å². The van der Waals surface area contributed by atoms with Gasteiger partial charge in [0.15, 0.2) is 0 Å². The SMILES string of the molecule is CCCCNC(=O)[C@H](C)N(Cc1cccc(Cl)c1)C(=O)CN(c1ccc(OCC)cc1)S(C)(=O)=O. The van der Waals surface area contributed by atoms with Crippen molar-refractivity contribution in [1.82, 2.24) is 10.2 Å². The Hall–Kier alpha value is -2.78. The summed E-state index contributed by atoms with van der Waals surface area (Å²) in [5.74, 6) is -0.223. The number of ether oxygens (including phenoxy) is 1. The van der Waals surface area contributed by atoms with Crippen molar-refractivity contribution in [2.45, 2.75) is 46.2 Å². The Morgan fingerprint density at radius 2 is 1.80 bits per heavy atom. The maximum absolute atomic E-state index is 13.5. The third kappa shape index (κ3) is 8.74. The number of benzene rings is 2. The quantitative estimate of drug-likeness (QED) is 0.402. The zero-order valence-corrected chi connectivity index (χ0v) is 22.2. The lowest BCUT2D eigenvalue weighted by molar-refractivity contribution is -0.139. The van der Waals surface area contributed by atoms with Crippen LogP contribution in [-0.2, 0) is 26.2 Å². The molecule has 0 saturated heterocycles. The summed E-state index contributed by atoms with van der Waals surface area (Å²) >= 11 is 6.11. The number of hydrogen-bond donors (Lipinski definition) is 1. The van der Waals surface area contributed by atoms with E-state index in [1.165, 1.54) is 4.90 Å². The molecule has 0 aliphatic rings. The molecule has 8 nitrogen and oxygen atoms in total. The molecule has 2 aromatic rings. The van der Waals surface area contributed by atoms with Gasteiger partial charge in [0.2, 0.25) is 21.8 Å². The molecule has 35 heavy (non-hydrogen) atoms. The highest BCUT2D eigenvalue weighted by Gasteiger charge is 2.30. The molecule has 0 unspecified atom stereocenters. The summed E-state index contributed by atoms with van der Waals surface area (Å²) in [7, 11) is -3.79. The van der Waals surface area contributed by atoms with E-state index in [9.17, 15) is 18.0 Å². The predicted molar refractivity (Wildman–Crippen MR) is 139 cm³/mol. The Balaban J connectivity index is 2.33. The summed E-state index contributed by atoms with van der Waals surface area (Å²) in [4.78, 5) is 27.7. The van der Waals surface area contributed by atoms with E-state index < -0.39 is 28.5 Å². The fourth-order valence-electron chi connectivity index (χ4n) is 3.44. The molecule has 0 spiro atoms. The van der Waals surface area contributed by atoms with Gasteiger partial charge in [0, 0.05) is 18.1 Å². The minimum atomic E-state index is -3.79. The van der Waals surface area contributed by atoms with Crippen LogP contribution in [0.15, 0.2) is 48.5 Å². The Morgan fingerprint density at radius 3 is 2.37 bits per heavy atom. The molecule has 0 aliphatic heterocycles. The highest BCUT2D eigenvalue weighted by Crippen LogP contribution is 2.23. The lowest BCUT2D eigenvalue weighted by Gasteiger charge is -2.31. The van der Waals surface area contributed by atoms with E-state index in [1.807, 2.05) is 13.8 Å². The second-order valence-electron chi connectivity index (χ2n) is 8.17. The Bertz CT molecular complexity index is 1090. The molecule has 2 aromatic carbocycles. The zero-order valence-electron chi connectivity index (χ0n) is 20.7. The minimum Gasteiger partial charge on any atom is -0.494 e. The molecular weight excluding hydrogens is 490 g/mol. The summed E-state index contributed by atoms with van der Waals surface area (Å²) in [6, 6.07) is 12.6. The Labute approximate surface area is 213 Å². The van der Waals surface area contributed by atoms with Gasteiger partial charge in [-0.05, 0) is 62.2 Å². The van der Waals surface area contributed by atoms with Crippen LogP contribution in [-0.4, -0.2) is 57.1 Å². The van der Waals surface area contributed by atoms with Crippen molar-refractivity contribution in [3.8, 4) is 5.75 Å². The van der Waals surface area contributed by atoms with E-state index in [2.05, 4.69) is 5.32 Å². The van der Waals surface area contributed by atoms with Gasteiger partial charge < -0.3 is 15.0 Å². The van der Waals surface area contributed by atoms with Crippen LogP contribution in [0.25, 0.3) is 0 Å². The van der Waals surface area contributed by atoms with E-state index >= 15 is 0 Å². The third-order valence-corrected chi connectivity index (χ3v) is 6.73. The van der Waals surface area contributed by atoms with Gasteiger partial charge in [0.1, 0.15) is 18.3 Å². The maximum atomic E-state index is 13.5. The highest BCUT2D eigenvalue weighted by atomic mass is 35.5. The van der Waals surface area contributed by atoms with Crippen molar-refractivity contribution in [2.75, 3.05) is 30.3 Å². The summed E-state index contributed by atoms with van der Waals surface area (Å²) in [5.41, 5.74) is 1.05. The van der Waals surface area contributed by atoms with E-state index in [1.54, 1.807) is 55.5 Å². The first-order valence-corrected chi connectivity index (χ1v) is 13.8. The molecule has 0 aliphatic carbocycles. The fourth-order valence-corrected chi connectivity index (χ4v) is 4.50. The molecule has 1 N–H and O–H groups in total. The standard InChI is InChI=1S/C25H34ClN3O5S/c1-5-7-15-27-25(31)19(3)28(17-20-9-8-10-21(26)16-20)24(30)18-29(35(4,32)33)22-11-13-23(14-12-22)34-6-2/h8-14,16,19H,5-7,15,17-18H2,1-4H3,(H,27,31)/t19-/m0/s1. The van der Waals surface area contributed by atoms with Crippen LogP contribution in [0.2, 0.25) is 5.02 Å². The maximum Gasteiger partial charge on any atom is 0.244 e. The second kappa shape index (κ2) is 13.3. The molecule has 0 fully saturated rings. The molecule has 0 heterocycles. The monoisotopic (exact) mass is 523 g/mol. The number of unbranched alkanes of at least 4 members (excludes halogenated alkanes) is 1. The van der Waals surface area contributed by atoms with E-state index in [0.717, 1.165) is 29.0 Å². The molecule has 1 atom stereocenters. The summed E-state index contributed by atoms with van der Waals surface area (Å²) in [6.07, 6.45) is 2.78. The summed E-state index contributed by atoms with van der Waals surface area (Å²) in [5, 5.41) is 3.35. The first kappa shape index (κ1) is 28.5. The number of halogens is 1. The molecule has 10 heteroatoms. The Morgan fingerprint density at radius 1 is 1.11 bits per heavy atom. The van der Waals surface area contributed by atoms with Crippen LogP contribution < -0.4 is 14.4 Å². The lowest BCUT2D eigenvalue weighted by atomic mass is 10.1. The summed E-state index contributed by atoms with van der Waals surface area (Å²) in [6.45, 7) is 6.12. The number of hydrogen-bond acceptors (Lipinski definition) is 5. The number of sulfonamides is 1. The smallest absolute Gasteiger partial charge is 0.244 e. The first-order valence-electron chi connectivity index (χ1n) is 11.6. The fraction of sp³-hybridized carbons (Fsp3) is 0.440. The number of rotatable bonds is 13. The molecule has 192 valence electrons. The van der Waals surface area contributed by atoms with Gasteiger partial charge in [-0.1, -0.05) is 37.1 Å². The molecule has 0 bridgehead atoms. The van der Waals surface area contributed by atoms with E-state index in [4.69, 9.17) is 16.3 Å². The van der Waals surface area contributed by atoms with Crippen LogP contribution in [0, 0.1) is 0 Å². The molecule has 2 rings (SSSR count). The van der Waals surface area contributed by atoms with Crippen molar-refractivity contribution in [3.05, 3.63) is 59.1 Å². The van der Waals surface area contributed by atoms with Gasteiger partial charge in [-0.3, -0.25) is 13.9 Å². The van der Waals surface area contributed by atoms with E-state index in [0.29, 0.717) is 29.6 Å². The largest absolute Gasteiger partial charge is 0.494 e.